The lowest BCUT2D eigenvalue weighted by Gasteiger charge is -2.29. The number of hydrogen-bond donors (Lipinski definition) is 2. The number of aliphatic carboxylic acids is 1. The van der Waals surface area contributed by atoms with E-state index in [1.54, 1.807) is 13.2 Å². The predicted octanol–water partition coefficient (Wildman–Crippen LogP) is 7.84. The number of anilines is 1. The molecule has 4 aromatic rings. The molecule has 3 N–H and O–H groups in total. The second-order valence-electron chi connectivity index (χ2n) is 11.7. The van der Waals surface area contributed by atoms with Crippen LogP contribution in [0.5, 0.6) is 5.75 Å². The van der Waals surface area contributed by atoms with E-state index in [0.717, 1.165) is 53.0 Å². The lowest BCUT2D eigenvalue weighted by molar-refractivity contribution is -0.145. The minimum Gasteiger partial charge on any atom is -0.497 e. The van der Waals surface area contributed by atoms with Gasteiger partial charge in [-0.05, 0) is 82.1 Å². The Morgan fingerprint density at radius 2 is 1.29 bits per heavy atom. The molecular formula is C35H42N4O3. The number of aromatic nitrogens is 3. The number of nitrogen functional groups attached to an aromatic ring is 1. The second-order valence-corrected chi connectivity index (χ2v) is 11.7. The van der Waals surface area contributed by atoms with Crippen molar-refractivity contribution in [2.24, 2.45) is 17.8 Å². The Hall–Kier alpha value is -4.26. The van der Waals surface area contributed by atoms with E-state index < -0.39 is 5.97 Å². The minimum atomic E-state index is -0.607. The highest BCUT2D eigenvalue weighted by atomic mass is 16.5. The van der Waals surface area contributed by atoms with E-state index in [2.05, 4.69) is 77.9 Å². The summed E-state index contributed by atoms with van der Waals surface area (Å²) in [7, 11) is 1.62. The summed E-state index contributed by atoms with van der Waals surface area (Å²) in [5.74, 6) is 2.91. The maximum atomic E-state index is 10.7. The molecular weight excluding hydrogens is 524 g/mol. The number of nitrogens with two attached hydrogens (primary N) is 1. The molecule has 1 aromatic heterocycles. The van der Waals surface area contributed by atoms with Crippen molar-refractivity contribution in [1.29, 1.82) is 0 Å². The van der Waals surface area contributed by atoms with Crippen LogP contribution in [0.15, 0.2) is 54.6 Å². The Labute approximate surface area is 249 Å². The van der Waals surface area contributed by atoms with Crippen LogP contribution in [0.2, 0.25) is 0 Å². The van der Waals surface area contributed by atoms with Gasteiger partial charge in [-0.2, -0.15) is 0 Å². The standard InChI is InChI=1S/C26H26N4O.C9H16O2/c1-15-6-9-20(17(3)12-15)24-28-25(21-10-7-16(2)13-18(21)4)30-26(29-24)22-11-8-19(31-5)14-23(22)27;1-6-3-4-8(9(10)11)7(2)5-6/h6-14H,27H2,1-5H3;6-8H,3-5H2,1-2H3,(H,10,11). The highest BCUT2D eigenvalue weighted by Gasteiger charge is 2.30. The average Bonchev–Trinajstić information content (AvgIpc) is 2.92. The first-order valence-corrected chi connectivity index (χ1v) is 14.5. The molecule has 1 aliphatic rings. The number of carbonyl (C=O) groups is 1. The third-order valence-corrected chi connectivity index (χ3v) is 8.13. The van der Waals surface area contributed by atoms with E-state index in [9.17, 15) is 4.79 Å². The van der Waals surface area contributed by atoms with Gasteiger partial charge in [0.1, 0.15) is 5.75 Å². The normalized spacial score (nSPS) is 18.1. The van der Waals surface area contributed by atoms with Gasteiger partial charge in [-0.1, -0.05) is 61.4 Å². The number of nitrogens with zero attached hydrogens (tertiary/aromatic N) is 3. The lowest BCUT2D eigenvalue weighted by Crippen LogP contribution is -2.27. The molecule has 0 saturated heterocycles. The SMILES string of the molecule is CC1CCC(C(=O)O)C(C)C1.COc1ccc(-c2nc(-c3ccc(C)cc3C)nc(-c3ccc(C)cc3C)n2)c(N)c1. The molecule has 0 aliphatic heterocycles. The molecule has 1 aliphatic carbocycles. The van der Waals surface area contributed by atoms with Gasteiger partial charge >= 0.3 is 5.97 Å². The van der Waals surface area contributed by atoms with E-state index in [-0.39, 0.29) is 5.92 Å². The highest BCUT2D eigenvalue weighted by Crippen LogP contribution is 2.34. The van der Waals surface area contributed by atoms with E-state index in [0.29, 0.717) is 34.8 Å². The quantitative estimate of drug-likeness (QED) is 0.237. The number of carboxylic acid groups (broad SMARTS) is 1. The maximum Gasteiger partial charge on any atom is 0.306 e. The zero-order valence-corrected chi connectivity index (χ0v) is 25.7. The van der Waals surface area contributed by atoms with Crippen LogP contribution < -0.4 is 10.5 Å². The zero-order chi connectivity index (χ0) is 30.6. The van der Waals surface area contributed by atoms with Gasteiger partial charge in [-0.3, -0.25) is 4.79 Å². The fraction of sp³-hybridized carbons (Fsp3) is 0.371. The van der Waals surface area contributed by atoms with Gasteiger partial charge in [-0.25, -0.2) is 15.0 Å². The van der Waals surface area contributed by atoms with Gasteiger partial charge in [0.25, 0.3) is 0 Å². The van der Waals surface area contributed by atoms with Crippen LogP contribution in [0.4, 0.5) is 5.69 Å². The molecule has 1 saturated carbocycles. The van der Waals surface area contributed by atoms with E-state index >= 15 is 0 Å². The van der Waals surface area contributed by atoms with Crippen LogP contribution in [0, 0.1) is 45.4 Å². The van der Waals surface area contributed by atoms with Crippen molar-refractivity contribution >= 4 is 11.7 Å². The molecule has 7 heteroatoms. The smallest absolute Gasteiger partial charge is 0.306 e. The molecule has 0 amide bonds. The van der Waals surface area contributed by atoms with Crippen LogP contribution >= 0.6 is 0 Å². The summed E-state index contributed by atoms with van der Waals surface area (Å²) in [6, 6.07) is 18.1. The van der Waals surface area contributed by atoms with Gasteiger partial charge in [0.2, 0.25) is 0 Å². The highest BCUT2D eigenvalue weighted by molar-refractivity contribution is 5.76. The minimum absolute atomic E-state index is 0.0776. The summed E-state index contributed by atoms with van der Waals surface area (Å²) < 4.78 is 5.29. The number of hydrogen-bond acceptors (Lipinski definition) is 6. The van der Waals surface area contributed by atoms with Gasteiger partial charge in [0, 0.05) is 28.4 Å². The average molecular weight is 567 g/mol. The first kappa shape index (κ1) is 30.7. The summed E-state index contributed by atoms with van der Waals surface area (Å²) in [6.07, 6.45) is 3.04. The molecule has 3 unspecified atom stereocenters. The Morgan fingerprint density at radius 1 is 0.786 bits per heavy atom. The molecule has 42 heavy (non-hydrogen) atoms. The van der Waals surface area contributed by atoms with E-state index in [1.807, 2.05) is 12.1 Å². The third-order valence-electron chi connectivity index (χ3n) is 8.13. The van der Waals surface area contributed by atoms with Gasteiger partial charge in [-0.15, -0.1) is 0 Å². The zero-order valence-electron chi connectivity index (χ0n) is 25.7. The summed E-state index contributed by atoms with van der Waals surface area (Å²) >= 11 is 0. The number of methoxy groups -OCH3 is 1. The van der Waals surface area contributed by atoms with Crippen LogP contribution in [0.3, 0.4) is 0 Å². The van der Waals surface area contributed by atoms with Crippen molar-refractivity contribution in [3.8, 4) is 39.9 Å². The molecule has 5 rings (SSSR count). The first-order valence-electron chi connectivity index (χ1n) is 14.5. The summed E-state index contributed by atoms with van der Waals surface area (Å²) in [5.41, 5.74) is 14.2. The number of benzene rings is 3. The maximum absolute atomic E-state index is 10.7. The molecule has 0 bridgehead atoms. The van der Waals surface area contributed by atoms with Crippen molar-refractivity contribution in [3.63, 3.8) is 0 Å². The first-order chi connectivity index (χ1) is 20.0. The fourth-order valence-electron chi connectivity index (χ4n) is 5.77. The molecule has 0 radical (unpaired) electrons. The fourth-order valence-corrected chi connectivity index (χ4v) is 5.77. The van der Waals surface area contributed by atoms with Gasteiger partial charge < -0.3 is 15.6 Å². The Morgan fingerprint density at radius 3 is 1.71 bits per heavy atom. The van der Waals surface area contributed by atoms with Crippen LogP contribution in [-0.2, 0) is 4.79 Å². The van der Waals surface area contributed by atoms with Gasteiger partial charge in [0.15, 0.2) is 17.5 Å². The van der Waals surface area contributed by atoms with Gasteiger partial charge in [0.05, 0.1) is 13.0 Å². The lowest BCUT2D eigenvalue weighted by atomic mass is 9.76. The van der Waals surface area contributed by atoms with Crippen LogP contribution in [0.1, 0.15) is 55.4 Å². The summed E-state index contributed by atoms with van der Waals surface area (Å²) in [4.78, 5) is 25.1. The van der Waals surface area contributed by atoms with Crippen molar-refractivity contribution < 1.29 is 14.6 Å². The summed E-state index contributed by atoms with van der Waals surface area (Å²) in [6.45, 7) is 12.6. The molecule has 1 fully saturated rings. The number of carboxylic acids is 1. The number of ether oxygens (including phenoxy) is 1. The van der Waals surface area contributed by atoms with E-state index in [4.69, 9.17) is 30.5 Å². The van der Waals surface area contributed by atoms with Crippen molar-refractivity contribution in [2.75, 3.05) is 12.8 Å². The van der Waals surface area contributed by atoms with Crippen molar-refractivity contribution in [3.05, 3.63) is 76.9 Å². The molecule has 1 heterocycles. The molecule has 7 nitrogen and oxygen atoms in total. The molecule has 220 valence electrons. The molecule has 3 aromatic carbocycles. The van der Waals surface area contributed by atoms with Crippen LogP contribution in [0.25, 0.3) is 34.2 Å². The topological polar surface area (TPSA) is 111 Å². The largest absolute Gasteiger partial charge is 0.497 e. The van der Waals surface area contributed by atoms with Crippen molar-refractivity contribution in [1.82, 2.24) is 15.0 Å². The Bertz CT molecular complexity index is 1510. The second kappa shape index (κ2) is 13.1. The number of aryl methyl sites for hydroxylation is 4. The van der Waals surface area contributed by atoms with E-state index in [1.165, 1.54) is 11.1 Å². The Balaban J connectivity index is 0.000000310. The predicted molar refractivity (Wildman–Crippen MR) is 169 cm³/mol. The monoisotopic (exact) mass is 566 g/mol. The molecule has 3 atom stereocenters. The van der Waals surface area contributed by atoms with Crippen molar-refractivity contribution in [2.45, 2.75) is 60.8 Å². The summed E-state index contributed by atoms with van der Waals surface area (Å²) in [5, 5.41) is 8.79. The number of rotatable bonds is 5. The Kier molecular flexibility index (Phi) is 9.61. The van der Waals surface area contributed by atoms with Crippen LogP contribution in [-0.4, -0.2) is 33.1 Å². The third kappa shape index (κ3) is 7.14. The molecule has 0 spiro atoms.